The summed E-state index contributed by atoms with van der Waals surface area (Å²) in [6, 6.07) is 6.01. The molecule has 0 aliphatic rings. The van der Waals surface area contributed by atoms with E-state index in [4.69, 9.17) is 9.47 Å². The third kappa shape index (κ3) is 5.38. The molecule has 2 amide bonds. The van der Waals surface area contributed by atoms with Crippen molar-refractivity contribution in [2.75, 3.05) is 20.3 Å². The van der Waals surface area contributed by atoms with E-state index in [1.165, 1.54) is 7.11 Å². The number of nitrogens with one attached hydrogen (secondary N) is 2. The molecule has 0 saturated heterocycles. The highest BCUT2D eigenvalue weighted by molar-refractivity contribution is 5.94. The number of benzene rings is 2. The van der Waals surface area contributed by atoms with Gasteiger partial charge in [0.2, 0.25) is 0 Å². The molecule has 0 unspecified atom stereocenters. The number of hydrogen-bond acceptors (Lipinski definition) is 4. The highest BCUT2D eigenvalue weighted by Crippen LogP contribution is 2.28. The maximum absolute atomic E-state index is 13.2. The molecule has 6 nitrogen and oxygen atoms in total. The van der Waals surface area contributed by atoms with Crippen LogP contribution in [0.3, 0.4) is 0 Å². The highest BCUT2D eigenvalue weighted by atomic mass is 19.2. The standard InChI is InChI=1S/C19H19F3N2O4/c1-3-23-17(25)10-28-15-5-4-11(6-16(15)27-2)9-24-19(26)12-7-13(20)18(22)14(21)8-12/h4-8H,3,9-10H2,1-2H3,(H,23,25)(H,24,26). The minimum Gasteiger partial charge on any atom is -0.493 e. The second-order valence-electron chi connectivity index (χ2n) is 5.66. The van der Waals surface area contributed by atoms with Crippen molar-refractivity contribution in [1.82, 2.24) is 10.6 Å². The van der Waals surface area contributed by atoms with Gasteiger partial charge < -0.3 is 20.1 Å². The van der Waals surface area contributed by atoms with Crippen LogP contribution < -0.4 is 20.1 Å². The van der Waals surface area contributed by atoms with E-state index in [1.807, 2.05) is 0 Å². The lowest BCUT2D eigenvalue weighted by molar-refractivity contribution is -0.123. The number of ether oxygens (including phenoxy) is 2. The third-order valence-electron chi connectivity index (χ3n) is 3.66. The van der Waals surface area contributed by atoms with Crippen molar-refractivity contribution >= 4 is 11.8 Å². The Morgan fingerprint density at radius 3 is 2.29 bits per heavy atom. The zero-order valence-electron chi connectivity index (χ0n) is 15.3. The van der Waals surface area contributed by atoms with Crippen molar-refractivity contribution in [2.45, 2.75) is 13.5 Å². The van der Waals surface area contributed by atoms with Gasteiger partial charge in [0.1, 0.15) is 0 Å². The van der Waals surface area contributed by atoms with Gasteiger partial charge in [0.05, 0.1) is 7.11 Å². The minimum absolute atomic E-state index is 0.0202. The molecular weight excluding hydrogens is 377 g/mol. The molecule has 2 aromatic rings. The van der Waals surface area contributed by atoms with Crippen LogP contribution in [0.4, 0.5) is 13.2 Å². The summed E-state index contributed by atoms with van der Waals surface area (Å²) in [7, 11) is 1.42. The Hall–Kier alpha value is -3.23. The zero-order valence-corrected chi connectivity index (χ0v) is 15.3. The van der Waals surface area contributed by atoms with Gasteiger partial charge in [-0.1, -0.05) is 6.07 Å². The zero-order chi connectivity index (χ0) is 20.7. The fourth-order valence-electron chi connectivity index (χ4n) is 2.30. The molecule has 0 bridgehead atoms. The van der Waals surface area contributed by atoms with E-state index < -0.39 is 23.4 Å². The Bertz CT molecular complexity index is 851. The van der Waals surface area contributed by atoms with Gasteiger partial charge >= 0.3 is 0 Å². The number of likely N-dealkylation sites (N-methyl/N-ethyl adjacent to an activating group) is 1. The van der Waals surface area contributed by atoms with Crippen molar-refractivity contribution in [2.24, 2.45) is 0 Å². The molecule has 0 radical (unpaired) electrons. The lowest BCUT2D eigenvalue weighted by Gasteiger charge is -2.12. The number of hydrogen-bond donors (Lipinski definition) is 2. The fourth-order valence-corrected chi connectivity index (χ4v) is 2.30. The molecule has 0 aliphatic heterocycles. The molecule has 0 heterocycles. The van der Waals surface area contributed by atoms with Crippen LogP contribution in [-0.2, 0) is 11.3 Å². The highest BCUT2D eigenvalue weighted by Gasteiger charge is 2.15. The largest absolute Gasteiger partial charge is 0.493 e. The summed E-state index contributed by atoms with van der Waals surface area (Å²) in [4.78, 5) is 23.5. The smallest absolute Gasteiger partial charge is 0.257 e. The van der Waals surface area contributed by atoms with Crippen molar-refractivity contribution in [3.8, 4) is 11.5 Å². The Labute approximate surface area is 159 Å². The van der Waals surface area contributed by atoms with E-state index >= 15 is 0 Å². The first-order valence-corrected chi connectivity index (χ1v) is 8.34. The van der Waals surface area contributed by atoms with Crippen molar-refractivity contribution in [3.63, 3.8) is 0 Å². The fraction of sp³-hybridized carbons (Fsp3) is 0.263. The van der Waals surface area contributed by atoms with E-state index in [0.717, 1.165) is 0 Å². The molecular formula is C19H19F3N2O4. The summed E-state index contributed by atoms with van der Waals surface area (Å²) in [5.74, 6) is -4.89. The Kier molecular flexibility index (Phi) is 7.25. The van der Waals surface area contributed by atoms with E-state index in [2.05, 4.69) is 10.6 Å². The minimum atomic E-state index is -1.63. The molecule has 0 aromatic heterocycles. The van der Waals surface area contributed by atoms with Gasteiger partial charge in [0.15, 0.2) is 35.6 Å². The lowest BCUT2D eigenvalue weighted by atomic mass is 10.1. The molecule has 2 N–H and O–H groups in total. The van der Waals surface area contributed by atoms with Gasteiger partial charge in [-0.15, -0.1) is 0 Å². The predicted octanol–water partition coefficient (Wildman–Crippen LogP) is 2.56. The summed E-state index contributed by atoms with van der Waals surface area (Å²) in [5, 5.41) is 5.07. The van der Waals surface area contributed by atoms with E-state index in [0.29, 0.717) is 35.7 Å². The first-order valence-electron chi connectivity index (χ1n) is 8.34. The van der Waals surface area contributed by atoms with Crippen LogP contribution in [0.2, 0.25) is 0 Å². The van der Waals surface area contributed by atoms with Crippen molar-refractivity contribution in [1.29, 1.82) is 0 Å². The molecule has 2 aromatic carbocycles. The van der Waals surface area contributed by atoms with Gasteiger partial charge in [-0.05, 0) is 36.8 Å². The molecule has 0 fully saturated rings. The molecule has 2 rings (SSSR count). The Morgan fingerprint density at radius 2 is 1.68 bits per heavy atom. The molecule has 0 spiro atoms. The molecule has 0 atom stereocenters. The van der Waals surface area contributed by atoms with Crippen LogP contribution in [0.1, 0.15) is 22.8 Å². The SMILES string of the molecule is CCNC(=O)COc1ccc(CNC(=O)c2cc(F)c(F)c(F)c2)cc1OC. The predicted molar refractivity (Wildman–Crippen MR) is 94.7 cm³/mol. The second kappa shape index (κ2) is 9.63. The van der Waals surface area contributed by atoms with Gasteiger partial charge in [-0.2, -0.15) is 0 Å². The molecule has 9 heteroatoms. The Morgan fingerprint density at radius 1 is 1.00 bits per heavy atom. The number of amides is 2. The molecule has 28 heavy (non-hydrogen) atoms. The summed E-state index contributed by atoms with van der Waals surface area (Å²) in [6.07, 6.45) is 0. The number of carbonyl (C=O) groups is 2. The van der Waals surface area contributed by atoms with Crippen LogP contribution in [0, 0.1) is 17.5 Å². The first-order chi connectivity index (χ1) is 13.3. The van der Waals surface area contributed by atoms with E-state index in [9.17, 15) is 22.8 Å². The normalized spacial score (nSPS) is 10.3. The van der Waals surface area contributed by atoms with Gasteiger partial charge in [0, 0.05) is 18.7 Å². The number of carbonyl (C=O) groups excluding carboxylic acids is 2. The van der Waals surface area contributed by atoms with Gasteiger partial charge in [-0.3, -0.25) is 9.59 Å². The monoisotopic (exact) mass is 396 g/mol. The average molecular weight is 396 g/mol. The van der Waals surface area contributed by atoms with Crippen molar-refractivity contribution in [3.05, 3.63) is 58.9 Å². The maximum Gasteiger partial charge on any atom is 0.257 e. The summed E-state index contributed by atoms with van der Waals surface area (Å²) >= 11 is 0. The summed E-state index contributed by atoms with van der Waals surface area (Å²) in [5.41, 5.74) is 0.267. The lowest BCUT2D eigenvalue weighted by Crippen LogP contribution is -2.28. The average Bonchev–Trinajstić information content (AvgIpc) is 2.68. The van der Waals surface area contributed by atoms with Crippen LogP contribution in [0.15, 0.2) is 30.3 Å². The van der Waals surface area contributed by atoms with Crippen LogP contribution in [-0.4, -0.2) is 32.1 Å². The number of halogens is 3. The van der Waals surface area contributed by atoms with E-state index in [-0.39, 0.29) is 24.6 Å². The summed E-state index contributed by atoms with van der Waals surface area (Å²) < 4.78 is 50.0. The molecule has 150 valence electrons. The molecule has 0 saturated carbocycles. The van der Waals surface area contributed by atoms with E-state index in [1.54, 1.807) is 25.1 Å². The summed E-state index contributed by atoms with van der Waals surface area (Å²) in [6.45, 7) is 2.12. The molecule has 0 aliphatic carbocycles. The topological polar surface area (TPSA) is 76.7 Å². The van der Waals surface area contributed by atoms with Crippen LogP contribution in [0.25, 0.3) is 0 Å². The van der Waals surface area contributed by atoms with Crippen LogP contribution >= 0.6 is 0 Å². The number of methoxy groups -OCH3 is 1. The second-order valence-corrected chi connectivity index (χ2v) is 5.66. The Balaban J connectivity index is 2.02. The van der Waals surface area contributed by atoms with Crippen molar-refractivity contribution < 1.29 is 32.2 Å². The first kappa shape index (κ1) is 21.1. The van der Waals surface area contributed by atoms with Crippen LogP contribution in [0.5, 0.6) is 11.5 Å². The third-order valence-corrected chi connectivity index (χ3v) is 3.66. The maximum atomic E-state index is 13.2. The number of rotatable bonds is 8. The van der Waals surface area contributed by atoms with Gasteiger partial charge in [-0.25, -0.2) is 13.2 Å². The van der Waals surface area contributed by atoms with Gasteiger partial charge in [0.25, 0.3) is 11.8 Å². The quantitative estimate of drug-likeness (QED) is 0.673.